The van der Waals surface area contributed by atoms with Crippen LogP contribution in [0.5, 0.6) is 0 Å². The first-order valence-corrected chi connectivity index (χ1v) is 7.59. The lowest BCUT2D eigenvalue weighted by Gasteiger charge is -2.24. The third-order valence-corrected chi connectivity index (χ3v) is 4.09. The number of hydrogen-bond acceptors (Lipinski definition) is 3. The highest BCUT2D eigenvalue weighted by Crippen LogP contribution is 2.34. The van der Waals surface area contributed by atoms with Crippen LogP contribution in [0.25, 0.3) is 0 Å². The Morgan fingerprint density at radius 3 is 2.79 bits per heavy atom. The minimum atomic E-state index is -0.450. The Balaban J connectivity index is 2.05. The summed E-state index contributed by atoms with van der Waals surface area (Å²) in [6.45, 7) is 7.06. The molecule has 0 unspecified atom stereocenters. The van der Waals surface area contributed by atoms with Crippen molar-refractivity contribution >= 4 is 22.0 Å². The van der Waals surface area contributed by atoms with Gasteiger partial charge in [-0.05, 0) is 38.3 Å². The van der Waals surface area contributed by atoms with Crippen molar-refractivity contribution in [3.63, 3.8) is 0 Å². The maximum atomic E-state index is 12.1. The molecule has 106 valence electrons. The van der Waals surface area contributed by atoms with Crippen LogP contribution in [0.4, 0.5) is 4.79 Å². The first-order valence-electron chi connectivity index (χ1n) is 6.46. The molecule has 0 aliphatic carbocycles. The smallest absolute Gasteiger partial charge is 0.410 e. The van der Waals surface area contributed by atoms with Crippen LogP contribution in [0.3, 0.4) is 0 Å². The zero-order valence-corrected chi connectivity index (χ0v) is 13.1. The van der Waals surface area contributed by atoms with Crippen molar-refractivity contribution < 1.29 is 13.9 Å². The van der Waals surface area contributed by atoms with Crippen molar-refractivity contribution in [2.75, 3.05) is 18.4 Å². The lowest BCUT2D eigenvalue weighted by Crippen LogP contribution is -2.35. The number of furan rings is 1. The van der Waals surface area contributed by atoms with Crippen LogP contribution in [0.15, 0.2) is 23.0 Å². The van der Waals surface area contributed by atoms with Gasteiger partial charge in [-0.15, -0.1) is 0 Å². The summed E-state index contributed by atoms with van der Waals surface area (Å²) in [7, 11) is 0. The molecule has 1 aromatic rings. The number of carbonyl (C=O) groups excluding carboxylic acids is 1. The molecule has 2 heterocycles. The predicted octanol–water partition coefficient (Wildman–Crippen LogP) is 3.63. The number of hydrogen-bond donors (Lipinski definition) is 0. The molecule has 0 N–H and O–H groups in total. The molecule has 5 heteroatoms. The number of amides is 1. The zero-order valence-electron chi connectivity index (χ0n) is 11.6. The van der Waals surface area contributed by atoms with Crippen LogP contribution in [0, 0.1) is 5.92 Å². The first-order chi connectivity index (χ1) is 8.90. The van der Waals surface area contributed by atoms with E-state index in [9.17, 15) is 4.79 Å². The Labute approximate surface area is 122 Å². The van der Waals surface area contributed by atoms with Gasteiger partial charge < -0.3 is 14.1 Å². The summed E-state index contributed by atoms with van der Waals surface area (Å²) >= 11 is 3.53. The molecule has 0 saturated carbocycles. The molecule has 1 fully saturated rings. The van der Waals surface area contributed by atoms with Gasteiger partial charge in [-0.2, -0.15) is 0 Å². The average Bonchev–Trinajstić information content (AvgIpc) is 2.95. The molecule has 0 aromatic carbocycles. The second-order valence-corrected chi connectivity index (χ2v) is 6.61. The normalized spacial score (nSPS) is 23.7. The summed E-state index contributed by atoms with van der Waals surface area (Å²) in [5.41, 5.74) is 0.699. The van der Waals surface area contributed by atoms with E-state index in [1.807, 2.05) is 26.8 Å². The van der Waals surface area contributed by atoms with E-state index in [2.05, 4.69) is 15.9 Å². The second-order valence-electron chi connectivity index (χ2n) is 5.96. The highest BCUT2D eigenvalue weighted by atomic mass is 79.9. The third-order valence-electron chi connectivity index (χ3n) is 3.26. The van der Waals surface area contributed by atoms with Gasteiger partial charge in [0.25, 0.3) is 0 Å². The van der Waals surface area contributed by atoms with E-state index < -0.39 is 5.60 Å². The lowest BCUT2D eigenvalue weighted by molar-refractivity contribution is 0.0288. The molecular formula is C14H20BrNO3. The molecule has 1 saturated heterocycles. The van der Waals surface area contributed by atoms with E-state index in [1.54, 1.807) is 17.4 Å². The Hall–Kier alpha value is -0.970. The van der Waals surface area contributed by atoms with Gasteiger partial charge in [0, 0.05) is 24.3 Å². The summed E-state index contributed by atoms with van der Waals surface area (Å²) in [5.74, 6) is 0.704. The van der Waals surface area contributed by atoms with Crippen molar-refractivity contribution in [3.05, 3.63) is 24.2 Å². The van der Waals surface area contributed by atoms with Gasteiger partial charge in [0.2, 0.25) is 0 Å². The van der Waals surface area contributed by atoms with E-state index in [4.69, 9.17) is 9.15 Å². The Bertz CT molecular complexity index is 424. The second kappa shape index (κ2) is 5.57. The predicted molar refractivity (Wildman–Crippen MR) is 76.5 cm³/mol. The molecule has 1 aliphatic heterocycles. The molecule has 1 amide bonds. The van der Waals surface area contributed by atoms with Crippen molar-refractivity contribution in [2.24, 2.45) is 5.92 Å². The van der Waals surface area contributed by atoms with Gasteiger partial charge in [-0.25, -0.2) is 4.79 Å². The Kier molecular flexibility index (Phi) is 4.23. The molecule has 4 nitrogen and oxygen atoms in total. The van der Waals surface area contributed by atoms with Crippen LogP contribution < -0.4 is 0 Å². The Morgan fingerprint density at radius 2 is 2.26 bits per heavy atom. The molecule has 1 aromatic heterocycles. The van der Waals surface area contributed by atoms with Crippen LogP contribution in [-0.2, 0) is 4.74 Å². The summed E-state index contributed by atoms with van der Waals surface area (Å²) in [6.07, 6.45) is 3.21. The number of alkyl halides is 1. The molecule has 1 aliphatic rings. The van der Waals surface area contributed by atoms with Crippen molar-refractivity contribution in [1.29, 1.82) is 0 Å². The number of likely N-dealkylation sites (tertiary alicyclic amines) is 1. The van der Waals surface area contributed by atoms with E-state index in [1.165, 1.54) is 0 Å². The van der Waals surface area contributed by atoms with Crippen molar-refractivity contribution in [1.82, 2.24) is 4.90 Å². The van der Waals surface area contributed by atoms with Crippen molar-refractivity contribution in [3.8, 4) is 0 Å². The molecule has 19 heavy (non-hydrogen) atoms. The van der Waals surface area contributed by atoms with Gasteiger partial charge in [0.15, 0.2) is 0 Å². The maximum Gasteiger partial charge on any atom is 0.410 e. The molecule has 2 rings (SSSR count). The van der Waals surface area contributed by atoms with Gasteiger partial charge in [0.05, 0.1) is 12.5 Å². The number of halogens is 1. The van der Waals surface area contributed by atoms with E-state index in [-0.39, 0.29) is 6.09 Å². The Morgan fingerprint density at radius 1 is 1.53 bits per heavy atom. The van der Waals surface area contributed by atoms with E-state index in [0.717, 1.165) is 17.4 Å². The molecular weight excluding hydrogens is 310 g/mol. The average molecular weight is 330 g/mol. The standard InChI is InChI=1S/C14H20BrNO3/c1-14(2,3)19-13(17)16-7-11(6-15)12(8-16)10-4-5-18-9-10/h4-5,9,11-12H,6-8H2,1-3H3/t11-,12+/m0/s1. The van der Waals surface area contributed by atoms with Gasteiger partial charge in [-0.1, -0.05) is 15.9 Å². The molecule has 0 spiro atoms. The van der Waals surface area contributed by atoms with Crippen molar-refractivity contribution in [2.45, 2.75) is 32.3 Å². The SMILES string of the molecule is CC(C)(C)OC(=O)N1C[C@H](CBr)[C@@H](c2ccoc2)C1. The maximum absolute atomic E-state index is 12.1. The highest BCUT2D eigenvalue weighted by molar-refractivity contribution is 9.09. The van der Waals surface area contributed by atoms with Gasteiger partial charge in [0.1, 0.15) is 5.60 Å². The number of ether oxygens (including phenoxy) is 1. The lowest BCUT2D eigenvalue weighted by atomic mass is 9.92. The fourth-order valence-corrected chi connectivity index (χ4v) is 3.02. The number of carbonyl (C=O) groups is 1. The summed E-state index contributed by atoms with van der Waals surface area (Å²) < 4.78 is 10.6. The number of rotatable bonds is 2. The van der Waals surface area contributed by atoms with Crippen LogP contribution >= 0.6 is 15.9 Å². The summed E-state index contributed by atoms with van der Waals surface area (Å²) in [5, 5.41) is 0.863. The molecule has 0 radical (unpaired) electrons. The van der Waals surface area contributed by atoms with Crippen LogP contribution in [0.1, 0.15) is 32.3 Å². The number of nitrogens with zero attached hydrogens (tertiary/aromatic N) is 1. The van der Waals surface area contributed by atoms with Crippen LogP contribution in [-0.4, -0.2) is 35.0 Å². The van der Waals surface area contributed by atoms with Gasteiger partial charge >= 0.3 is 6.09 Å². The van der Waals surface area contributed by atoms with Gasteiger partial charge in [-0.3, -0.25) is 0 Å². The fraction of sp³-hybridized carbons (Fsp3) is 0.643. The minimum absolute atomic E-state index is 0.232. The first kappa shape index (κ1) is 14.4. The topological polar surface area (TPSA) is 42.7 Å². The minimum Gasteiger partial charge on any atom is -0.472 e. The summed E-state index contributed by atoms with van der Waals surface area (Å²) in [4.78, 5) is 13.9. The monoisotopic (exact) mass is 329 g/mol. The largest absolute Gasteiger partial charge is 0.472 e. The fourth-order valence-electron chi connectivity index (χ4n) is 2.37. The summed E-state index contributed by atoms with van der Waals surface area (Å²) in [6, 6.07) is 1.97. The van der Waals surface area contributed by atoms with Crippen LogP contribution in [0.2, 0.25) is 0 Å². The van der Waals surface area contributed by atoms with E-state index >= 15 is 0 Å². The van der Waals surface area contributed by atoms with E-state index in [0.29, 0.717) is 18.4 Å². The molecule has 2 atom stereocenters. The third kappa shape index (κ3) is 3.53. The highest BCUT2D eigenvalue weighted by Gasteiger charge is 2.37. The quantitative estimate of drug-likeness (QED) is 0.778. The molecule has 0 bridgehead atoms. The zero-order chi connectivity index (χ0) is 14.0.